The van der Waals surface area contributed by atoms with Crippen LogP contribution in [0.3, 0.4) is 0 Å². The Labute approximate surface area is 211 Å². The number of imidazole rings is 1. The molecule has 0 spiro atoms. The van der Waals surface area contributed by atoms with Crippen LogP contribution in [-0.2, 0) is 11.8 Å². The summed E-state index contributed by atoms with van der Waals surface area (Å²) in [6.45, 7) is 4.27. The summed E-state index contributed by atoms with van der Waals surface area (Å²) < 4.78 is 6.82. The van der Waals surface area contributed by atoms with E-state index in [2.05, 4.69) is 15.2 Å². The van der Waals surface area contributed by atoms with Crippen molar-refractivity contribution >= 4 is 45.2 Å². The largest absolute Gasteiger partial charge is 0.379 e. The summed E-state index contributed by atoms with van der Waals surface area (Å²) in [4.78, 5) is 58.3. The molecule has 0 saturated carbocycles. The quantitative estimate of drug-likeness (QED) is 0.405. The van der Waals surface area contributed by atoms with Gasteiger partial charge in [0, 0.05) is 55.3 Å². The number of nitrogens with zero attached hydrogens (tertiary/aromatic N) is 3. The maximum Gasteiger partial charge on any atom is 0.326 e. The molecule has 6 rings (SSSR count). The lowest BCUT2D eigenvalue weighted by Crippen LogP contribution is -2.41. The number of aromatic nitrogens is 2. The van der Waals surface area contributed by atoms with Crippen LogP contribution >= 0.6 is 0 Å². The van der Waals surface area contributed by atoms with Crippen LogP contribution in [-0.4, -0.2) is 71.6 Å². The minimum absolute atomic E-state index is 0.252. The Kier molecular flexibility index (Phi) is 5.62. The van der Waals surface area contributed by atoms with Gasteiger partial charge in [-0.2, -0.15) is 0 Å². The van der Waals surface area contributed by atoms with E-state index in [0.717, 1.165) is 24.5 Å². The van der Waals surface area contributed by atoms with E-state index in [4.69, 9.17) is 4.74 Å². The maximum absolute atomic E-state index is 13.6. The number of carbonyl (C=O) groups is 3. The number of benzene rings is 3. The Morgan fingerprint density at radius 3 is 2.54 bits per heavy atom. The molecule has 2 aliphatic heterocycles. The fourth-order valence-corrected chi connectivity index (χ4v) is 5.14. The average molecular weight is 500 g/mol. The van der Waals surface area contributed by atoms with Crippen LogP contribution in [0.5, 0.6) is 0 Å². The van der Waals surface area contributed by atoms with E-state index in [-0.39, 0.29) is 11.6 Å². The SMILES string of the molecule is Cn1c(=O)[nH]c2cc(N3C(=O)c4cccc5c(C(=O)NCCN6CCOCC6)ccc(c45)C3=O)ccc21. The van der Waals surface area contributed by atoms with Gasteiger partial charge in [0.05, 0.1) is 29.9 Å². The number of anilines is 1. The molecule has 188 valence electrons. The molecule has 1 aromatic heterocycles. The van der Waals surface area contributed by atoms with Gasteiger partial charge in [0.1, 0.15) is 0 Å². The standard InChI is InChI=1S/C27H25N5O5/c1-30-22-8-5-16(15-21(22)29-27(30)36)32-25(34)19-4-2-3-17-18(6-7-20(23(17)19)26(32)35)24(33)28-9-10-31-11-13-37-14-12-31/h2-8,15H,9-14H2,1H3,(H,28,33)(H,29,36). The normalized spacial score (nSPS) is 16.1. The number of H-pyrrole nitrogens is 1. The molecule has 1 fully saturated rings. The van der Waals surface area contributed by atoms with Gasteiger partial charge in [-0.1, -0.05) is 12.1 Å². The van der Waals surface area contributed by atoms with E-state index in [9.17, 15) is 19.2 Å². The second kappa shape index (κ2) is 8.99. The Balaban J connectivity index is 1.32. The Bertz CT molecular complexity index is 1620. The van der Waals surface area contributed by atoms with Gasteiger partial charge in [0.25, 0.3) is 17.7 Å². The molecule has 4 aromatic rings. The van der Waals surface area contributed by atoms with Crippen molar-refractivity contribution in [2.24, 2.45) is 7.05 Å². The van der Waals surface area contributed by atoms with Crippen LogP contribution in [0.2, 0.25) is 0 Å². The first-order chi connectivity index (χ1) is 17.9. The predicted octanol–water partition coefficient (Wildman–Crippen LogP) is 1.88. The van der Waals surface area contributed by atoms with E-state index in [1.54, 1.807) is 55.6 Å². The highest BCUT2D eigenvalue weighted by Crippen LogP contribution is 2.35. The van der Waals surface area contributed by atoms with E-state index in [0.29, 0.717) is 63.9 Å². The highest BCUT2D eigenvalue weighted by atomic mass is 16.5. The van der Waals surface area contributed by atoms with Crippen LogP contribution in [0, 0.1) is 0 Å². The van der Waals surface area contributed by atoms with Gasteiger partial charge in [0.15, 0.2) is 0 Å². The van der Waals surface area contributed by atoms with Crippen LogP contribution in [0.15, 0.2) is 53.3 Å². The zero-order chi connectivity index (χ0) is 25.7. The fraction of sp³-hybridized carbons (Fsp3) is 0.259. The maximum atomic E-state index is 13.6. The lowest BCUT2D eigenvalue weighted by atomic mass is 9.90. The minimum atomic E-state index is -0.481. The first kappa shape index (κ1) is 23.1. The number of aryl methyl sites for hydroxylation is 1. The van der Waals surface area contributed by atoms with Gasteiger partial charge in [-0.25, -0.2) is 9.69 Å². The number of hydrogen-bond donors (Lipinski definition) is 2. The number of carbonyl (C=O) groups excluding carboxylic acids is 3. The van der Waals surface area contributed by atoms with E-state index in [1.165, 1.54) is 4.57 Å². The predicted molar refractivity (Wildman–Crippen MR) is 138 cm³/mol. The molecule has 10 heteroatoms. The van der Waals surface area contributed by atoms with Crippen LogP contribution in [0.25, 0.3) is 21.8 Å². The van der Waals surface area contributed by atoms with E-state index >= 15 is 0 Å². The van der Waals surface area contributed by atoms with Crippen molar-refractivity contribution in [3.05, 3.63) is 75.7 Å². The van der Waals surface area contributed by atoms with E-state index in [1.807, 2.05) is 0 Å². The van der Waals surface area contributed by atoms with Gasteiger partial charge >= 0.3 is 5.69 Å². The van der Waals surface area contributed by atoms with Crippen LogP contribution < -0.4 is 15.9 Å². The summed E-state index contributed by atoms with van der Waals surface area (Å²) >= 11 is 0. The molecule has 0 unspecified atom stereocenters. The molecule has 10 nitrogen and oxygen atoms in total. The number of morpholine rings is 1. The second-order valence-corrected chi connectivity index (χ2v) is 9.24. The van der Waals surface area contributed by atoms with Crippen molar-refractivity contribution in [2.75, 3.05) is 44.3 Å². The molecule has 1 saturated heterocycles. The highest BCUT2D eigenvalue weighted by molar-refractivity contribution is 6.36. The molecule has 3 aromatic carbocycles. The smallest absolute Gasteiger partial charge is 0.326 e. The lowest BCUT2D eigenvalue weighted by molar-refractivity contribution is 0.0383. The average Bonchev–Trinajstić information content (AvgIpc) is 3.20. The molecule has 2 aliphatic rings. The number of hydrogen-bond acceptors (Lipinski definition) is 6. The van der Waals surface area contributed by atoms with Gasteiger partial charge in [-0.3, -0.25) is 23.9 Å². The number of ether oxygens (including phenoxy) is 1. The first-order valence-corrected chi connectivity index (χ1v) is 12.2. The third-order valence-electron chi connectivity index (χ3n) is 7.12. The van der Waals surface area contributed by atoms with Crippen molar-refractivity contribution in [1.82, 2.24) is 19.8 Å². The van der Waals surface area contributed by atoms with Gasteiger partial charge in [0.2, 0.25) is 0 Å². The molecule has 3 heterocycles. The molecule has 0 aliphatic carbocycles. The monoisotopic (exact) mass is 499 g/mol. The van der Waals surface area contributed by atoms with Crippen molar-refractivity contribution in [1.29, 1.82) is 0 Å². The summed E-state index contributed by atoms with van der Waals surface area (Å²) in [5.41, 5.74) is 2.37. The molecular weight excluding hydrogens is 474 g/mol. The molecule has 3 amide bonds. The van der Waals surface area contributed by atoms with Gasteiger partial charge in [-0.05, 0) is 41.8 Å². The van der Waals surface area contributed by atoms with Crippen molar-refractivity contribution in [2.45, 2.75) is 0 Å². The Hall–Kier alpha value is -4.28. The molecule has 0 atom stereocenters. The molecule has 2 N–H and O–H groups in total. The molecule has 0 radical (unpaired) electrons. The fourth-order valence-electron chi connectivity index (χ4n) is 5.14. The summed E-state index contributed by atoms with van der Waals surface area (Å²) in [5, 5.41) is 4.00. The second-order valence-electron chi connectivity index (χ2n) is 9.24. The third kappa shape index (κ3) is 3.81. The molecule has 37 heavy (non-hydrogen) atoms. The van der Waals surface area contributed by atoms with Crippen molar-refractivity contribution in [3.63, 3.8) is 0 Å². The molecule has 0 bridgehead atoms. The van der Waals surface area contributed by atoms with E-state index < -0.39 is 11.8 Å². The first-order valence-electron chi connectivity index (χ1n) is 12.2. The molecular formula is C27H25N5O5. The number of rotatable bonds is 5. The Morgan fingerprint density at radius 1 is 1.00 bits per heavy atom. The highest BCUT2D eigenvalue weighted by Gasteiger charge is 2.35. The van der Waals surface area contributed by atoms with Crippen molar-refractivity contribution < 1.29 is 19.1 Å². The van der Waals surface area contributed by atoms with Gasteiger partial charge in [-0.15, -0.1) is 0 Å². The summed E-state index contributed by atoms with van der Waals surface area (Å²) in [6.07, 6.45) is 0. The van der Waals surface area contributed by atoms with Crippen LogP contribution in [0.1, 0.15) is 31.1 Å². The third-order valence-corrected chi connectivity index (χ3v) is 7.12. The lowest BCUT2D eigenvalue weighted by Gasteiger charge is -2.28. The number of fused-ring (bicyclic) bond motifs is 1. The summed E-state index contributed by atoms with van der Waals surface area (Å²) in [7, 11) is 1.64. The minimum Gasteiger partial charge on any atom is -0.379 e. The summed E-state index contributed by atoms with van der Waals surface area (Å²) in [6, 6.07) is 13.3. The van der Waals surface area contributed by atoms with Crippen molar-refractivity contribution in [3.8, 4) is 0 Å². The van der Waals surface area contributed by atoms with Crippen LogP contribution in [0.4, 0.5) is 5.69 Å². The number of imide groups is 1. The Morgan fingerprint density at radius 2 is 1.76 bits per heavy atom. The van der Waals surface area contributed by atoms with Gasteiger partial charge < -0.3 is 15.0 Å². The summed E-state index contributed by atoms with van der Waals surface area (Å²) in [5.74, 6) is -1.21. The zero-order valence-corrected chi connectivity index (χ0v) is 20.2. The topological polar surface area (TPSA) is 117 Å². The number of nitrogens with one attached hydrogen (secondary N) is 2. The zero-order valence-electron chi connectivity index (χ0n) is 20.2. The number of amides is 3. The number of aromatic amines is 1.